The van der Waals surface area contributed by atoms with Crippen molar-refractivity contribution in [1.82, 2.24) is 5.32 Å². The van der Waals surface area contributed by atoms with Gasteiger partial charge in [0.25, 0.3) is 11.8 Å². The second-order valence-corrected chi connectivity index (χ2v) is 7.08. The lowest BCUT2D eigenvalue weighted by Gasteiger charge is -2.21. The first-order chi connectivity index (χ1) is 13.7. The molecule has 2 aromatic carbocycles. The summed E-state index contributed by atoms with van der Waals surface area (Å²) in [5.41, 5.74) is 3.34. The maximum atomic E-state index is 13.0. The Morgan fingerprint density at radius 1 is 1.00 bits per heavy atom. The number of nitrogens with one attached hydrogen (secondary N) is 1. The summed E-state index contributed by atoms with van der Waals surface area (Å²) in [6.45, 7) is 3.14. The van der Waals surface area contributed by atoms with Gasteiger partial charge in [-0.3, -0.25) is 9.59 Å². The quantitative estimate of drug-likeness (QED) is 0.693. The van der Waals surface area contributed by atoms with Crippen LogP contribution in [0, 0.1) is 0 Å². The number of para-hydroxylation sites is 1. The van der Waals surface area contributed by atoms with E-state index in [2.05, 4.69) is 11.4 Å². The highest BCUT2D eigenvalue weighted by Gasteiger charge is 2.17. The van der Waals surface area contributed by atoms with Crippen LogP contribution in [-0.4, -0.2) is 24.9 Å². The van der Waals surface area contributed by atoms with Gasteiger partial charge >= 0.3 is 0 Å². The maximum absolute atomic E-state index is 13.0. The number of allylic oxidation sites excluding steroid dienone is 1. The van der Waals surface area contributed by atoms with Crippen LogP contribution in [0.2, 0.25) is 0 Å². The van der Waals surface area contributed by atoms with Crippen LogP contribution < -0.4 is 10.2 Å². The highest BCUT2D eigenvalue weighted by molar-refractivity contribution is 6.07. The van der Waals surface area contributed by atoms with Crippen LogP contribution in [0.15, 0.2) is 66.2 Å². The average molecular weight is 377 g/mol. The first-order valence-electron chi connectivity index (χ1n) is 10.1. The molecule has 4 heteroatoms. The summed E-state index contributed by atoms with van der Waals surface area (Å²) in [7, 11) is 0. The van der Waals surface area contributed by atoms with Crippen molar-refractivity contribution >= 4 is 17.5 Å². The van der Waals surface area contributed by atoms with Gasteiger partial charge in [-0.15, -0.1) is 0 Å². The number of hydrogen-bond acceptors (Lipinski definition) is 2. The second-order valence-electron chi connectivity index (χ2n) is 7.08. The van der Waals surface area contributed by atoms with Gasteiger partial charge in [-0.25, -0.2) is 0 Å². The van der Waals surface area contributed by atoms with Gasteiger partial charge in [0.2, 0.25) is 0 Å². The lowest BCUT2D eigenvalue weighted by molar-refractivity contribution is 0.0954. The van der Waals surface area contributed by atoms with Crippen molar-refractivity contribution in [3.05, 3.63) is 77.4 Å². The smallest absolute Gasteiger partial charge is 0.258 e. The first kappa shape index (κ1) is 19.9. The second kappa shape index (κ2) is 9.88. The number of hydrogen-bond donors (Lipinski definition) is 1. The molecule has 0 aromatic heterocycles. The van der Waals surface area contributed by atoms with Crippen LogP contribution in [-0.2, 0) is 0 Å². The third-order valence-corrected chi connectivity index (χ3v) is 5.12. The molecule has 0 fully saturated rings. The molecule has 0 unspecified atom stereocenters. The topological polar surface area (TPSA) is 49.4 Å². The van der Waals surface area contributed by atoms with Crippen LogP contribution >= 0.6 is 0 Å². The van der Waals surface area contributed by atoms with Crippen LogP contribution in [0.3, 0.4) is 0 Å². The molecule has 1 aliphatic rings. The summed E-state index contributed by atoms with van der Waals surface area (Å²) in [4.78, 5) is 27.2. The van der Waals surface area contributed by atoms with E-state index in [4.69, 9.17) is 0 Å². The van der Waals surface area contributed by atoms with Gasteiger partial charge in [0.15, 0.2) is 0 Å². The van der Waals surface area contributed by atoms with Gasteiger partial charge in [-0.1, -0.05) is 35.9 Å². The Balaban J connectivity index is 1.64. The van der Waals surface area contributed by atoms with E-state index in [0.717, 1.165) is 24.9 Å². The SMILES string of the molecule is CCN(C(=O)c1cccc(C(=O)NCCC2=CCCCC2)c1)c1ccccc1. The van der Waals surface area contributed by atoms with E-state index in [0.29, 0.717) is 24.2 Å². The van der Waals surface area contributed by atoms with Crippen molar-refractivity contribution in [3.63, 3.8) is 0 Å². The lowest BCUT2D eigenvalue weighted by Crippen LogP contribution is -2.31. The summed E-state index contributed by atoms with van der Waals surface area (Å²) in [5, 5.41) is 2.98. The molecule has 146 valence electrons. The fraction of sp³-hybridized carbons (Fsp3) is 0.333. The summed E-state index contributed by atoms with van der Waals surface area (Å²) < 4.78 is 0. The normalized spacial score (nSPS) is 13.5. The number of carbonyl (C=O) groups is 2. The van der Waals surface area contributed by atoms with Crippen molar-refractivity contribution < 1.29 is 9.59 Å². The molecule has 2 amide bonds. The number of rotatable bonds is 7. The molecule has 28 heavy (non-hydrogen) atoms. The minimum atomic E-state index is -0.131. The molecule has 0 bridgehead atoms. The highest BCUT2D eigenvalue weighted by Crippen LogP contribution is 2.20. The van der Waals surface area contributed by atoms with E-state index in [1.807, 2.05) is 37.3 Å². The molecule has 0 heterocycles. The van der Waals surface area contributed by atoms with Crippen molar-refractivity contribution in [3.8, 4) is 0 Å². The van der Waals surface area contributed by atoms with Gasteiger partial charge < -0.3 is 10.2 Å². The molecule has 4 nitrogen and oxygen atoms in total. The van der Waals surface area contributed by atoms with Crippen LogP contribution in [0.25, 0.3) is 0 Å². The number of anilines is 1. The summed E-state index contributed by atoms with van der Waals surface area (Å²) in [5.74, 6) is -0.232. The van der Waals surface area contributed by atoms with Gasteiger partial charge in [0.05, 0.1) is 0 Å². The molecule has 0 atom stereocenters. The predicted octanol–water partition coefficient (Wildman–Crippen LogP) is 4.97. The van der Waals surface area contributed by atoms with E-state index < -0.39 is 0 Å². The maximum Gasteiger partial charge on any atom is 0.258 e. The Morgan fingerprint density at radius 3 is 2.50 bits per heavy atom. The minimum Gasteiger partial charge on any atom is -0.352 e. The van der Waals surface area contributed by atoms with E-state index in [-0.39, 0.29) is 11.8 Å². The Bertz CT molecular complexity index is 843. The molecule has 0 saturated heterocycles. The molecule has 0 radical (unpaired) electrons. The van der Waals surface area contributed by atoms with Crippen LogP contribution in [0.4, 0.5) is 5.69 Å². The minimum absolute atomic E-state index is 0.101. The van der Waals surface area contributed by atoms with Gasteiger partial charge in [-0.2, -0.15) is 0 Å². The molecule has 2 aromatic rings. The van der Waals surface area contributed by atoms with Crippen LogP contribution in [0.1, 0.15) is 59.7 Å². The van der Waals surface area contributed by atoms with Gasteiger partial charge in [0, 0.05) is 29.9 Å². The Morgan fingerprint density at radius 2 is 1.79 bits per heavy atom. The van der Waals surface area contributed by atoms with Crippen molar-refractivity contribution in [2.75, 3.05) is 18.0 Å². The summed E-state index contributed by atoms with van der Waals surface area (Å²) in [6, 6.07) is 16.6. The zero-order chi connectivity index (χ0) is 19.8. The molecule has 0 saturated carbocycles. The monoisotopic (exact) mass is 376 g/mol. The van der Waals surface area contributed by atoms with E-state index >= 15 is 0 Å². The van der Waals surface area contributed by atoms with Crippen molar-refractivity contribution in [1.29, 1.82) is 0 Å². The summed E-state index contributed by atoms with van der Waals surface area (Å²) >= 11 is 0. The predicted molar refractivity (Wildman–Crippen MR) is 114 cm³/mol. The Hall–Kier alpha value is -2.88. The van der Waals surface area contributed by atoms with E-state index in [1.165, 1.54) is 18.4 Å². The fourth-order valence-corrected chi connectivity index (χ4v) is 3.57. The molecular weight excluding hydrogens is 348 g/mol. The van der Waals surface area contributed by atoms with E-state index in [9.17, 15) is 9.59 Å². The summed E-state index contributed by atoms with van der Waals surface area (Å²) in [6.07, 6.45) is 8.03. The van der Waals surface area contributed by atoms with E-state index in [1.54, 1.807) is 29.2 Å². The third kappa shape index (κ3) is 5.10. The molecule has 0 aliphatic heterocycles. The molecule has 0 spiro atoms. The zero-order valence-electron chi connectivity index (χ0n) is 16.5. The molecule has 1 aliphatic carbocycles. The van der Waals surface area contributed by atoms with Crippen molar-refractivity contribution in [2.45, 2.75) is 39.0 Å². The molecule has 3 rings (SSSR count). The van der Waals surface area contributed by atoms with Crippen molar-refractivity contribution in [2.24, 2.45) is 0 Å². The number of nitrogens with zero attached hydrogens (tertiary/aromatic N) is 1. The number of amides is 2. The molecule has 1 N–H and O–H groups in total. The molecular formula is C24H28N2O2. The van der Waals surface area contributed by atoms with Gasteiger partial charge in [-0.05, 0) is 69.4 Å². The van der Waals surface area contributed by atoms with Gasteiger partial charge in [0.1, 0.15) is 0 Å². The highest BCUT2D eigenvalue weighted by atomic mass is 16.2. The Labute approximate surface area is 167 Å². The first-order valence-corrected chi connectivity index (χ1v) is 10.1. The Kier molecular flexibility index (Phi) is 7.01. The number of benzene rings is 2. The fourth-order valence-electron chi connectivity index (χ4n) is 3.57. The zero-order valence-corrected chi connectivity index (χ0v) is 16.5. The standard InChI is InChI=1S/C24H28N2O2/c1-2-26(22-14-7-4-8-15-22)24(28)21-13-9-12-20(18-21)23(27)25-17-16-19-10-5-3-6-11-19/h4,7-10,12-15,18H,2-3,5-6,11,16-17H2,1H3,(H,25,27). The lowest BCUT2D eigenvalue weighted by atomic mass is 9.97. The van der Waals surface area contributed by atoms with Crippen LogP contribution in [0.5, 0.6) is 0 Å². The third-order valence-electron chi connectivity index (χ3n) is 5.12. The largest absolute Gasteiger partial charge is 0.352 e. The average Bonchev–Trinajstić information content (AvgIpc) is 2.76. The number of carbonyl (C=O) groups excluding carboxylic acids is 2.